The molecule has 1 atom stereocenters. The third-order valence-corrected chi connectivity index (χ3v) is 6.56. The molecule has 3 aromatic rings. The SMILES string of the molecule is Cc1cc(C)n(-c2cccc(C(=O)N(Cc3cccc(OC[C@H]4CCCCO4)c3)C3CC3)c2)n1. The van der Waals surface area contributed by atoms with E-state index in [0.29, 0.717) is 24.8 Å². The van der Waals surface area contributed by atoms with Crippen LogP contribution >= 0.6 is 0 Å². The minimum absolute atomic E-state index is 0.0628. The molecular formula is C28H33N3O3. The van der Waals surface area contributed by atoms with Gasteiger partial charge in [0.05, 0.1) is 17.5 Å². The summed E-state index contributed by atoms with van der Waals surface area (Å²) in [4.78, 5) is 15.6. The van der Waals surface area contributed by atoms with E-state index in [1.807, 2.05) is 65.9 Å². The molecule has 2 aromatic carbocycles. The molecule has 1 saturated carbocycles. The Balaban J connectivity index is 1.30. The highest BCUT2D eigenvalue weighted by atomic mass is 16.5. The third kappa shape index (κ3) is 5.33. The van der Waals surface area contributed by atoms with Crippen molar-refractivity contribution in [2.24, 2.45) is 0 Å². The van der Waals surface area contributed by atoms with Crippen molar-refractivity contribution in [1.82, 2.24) is 14.7 Å². The van der Waals surface area contributed by atoms with E-state index in [9.17, 15) is 4.79 Å². The van der Waals surface area contributed by atoms with E-state index in [0.717, 1.165) is 60.7 Å². The number of hydrogen-bond acceptors (Lipinski definition) is 4. The summed E-state index contributed by atoms with van der Waals surface area (Å²) in [5.41, 5.74) is 4.70. The summed E-state index contributed by atoms with van der Waals surface area (Å²) < 4.78 is 13.7. The highest BCUT2D eigenvalue weighted by Gasteiger charge is 2.33. The van der Waals surface area contributed by atoms with Crippen molar-refractivity contribution >= 4 is 5.91 Å². The summed E-state index contributed by atoms with van der Waals surface area (Å²) in [7, 11) is 0. The predicted molar refractivity (Wildman–Crippen MR) is 131 cm³/mol. The van der Waals surface area contributed by atoms with Gasteiger partial charge in [-0.05, 0) is 87.9 Å². The van der Waals surface area contributed by atoms with Crippen LogP contribution in [0.5, 0.6) is 5.75 Å². The third-order valence-electron chi connectivity index (χ3n) is 6.56. The lowest BCUT2D eigenvalue weighted by Gasteiger charge is -2.24. The van der Waals surface area contributed by atoms with Gasteiger partial charge in [0.1, 0.15) is 12.4 Å². The van der Waals surface area contributed by atoms with Crippen LogP contribution in [0, 0.1) is 13.8 Å². The monoisotopic (exact) mass is 459 g/mol. The largest absolute Gasteiger partial charge is 0.491 e. The van der Waals surface area contributed by atoms with Crippen LogP contribution in [0.25, 0.3) is 5.69 Å². The summed E-state index contributed by atoms with van der Waals surface area (Å²) in [5, 5.41) is 4.57. The Morgan fingerprint density at radius 3 is 2.68 bits per heavy atom. The van der Waals surface area contributed by atoms with Gasteiger partial charge in [0, 0.05) is 30.5 Å². The van der Waals surface area contributed by atoms with Gasteiger partial charge in [0.25, 0.3) is 5.91 Å². The number of benzene rings is 2. The second kappa shape index (κ2) is 10.0. The summed E-state index contributed by atoms with van der Waals surface area (Å²) in [6.07, 6.45) is 5.68. The Morgan fingerprint density at radius 1 is 1.09 bits per heavy atom. The van der Waals surface area contributed by atoms with Gasteiger partial charge in [-0.3, -0.25) is 4.79 Å². The maximum absolute atomic E-state index is 13.6. The second-order valence-corrected chi connectivity index (χ2v) is 9.50. The van der Waals surface area contributed by atoms with E-state index in [4.69, 9.17) is 9.47 Å². The Hall–Kier alpha value is -3.12. The van der Waals surface area contributed by atoms with E-state index in [1.165, 1.54) is 6.42 Å². The van der Waals surface area contributed by atoms with Crippen LogP contribution in [0.2, 0.25) is 0 Å². The topological polar surface area (TPSA) is 56.6 Å². The van der Waals surface area contributed by atoms with Gasteiger partial charge in [-0.25, -0.2) is 4.68 Å². The van der Waals surface area contributed by atoms with Crippen molar-refractivity contribution < 1.29 is 14.3 Å². The average Bonchev–Trinajstić information content (AvgIpc) is 3.65. The van der Waals surface area contributed by atoms with Crippen LogP contribution in [0.4, 0.5) is 0 Å². The molecule has 2 heterocycles. The molecule has 0 unspecified atom stereocenters. The highest BCUT2D eigenvalue weighted by molar-refractivity contribution is 5.95. The molecule has 178 valence electrons. The molecule has 5 rings (SSSR count). The van der Waals surface area contributed by atoms with Crippen LogP contribution in [0.3, 0.4) is 0 Å². The van der Waals surface area contributed by atoms with E-state index in [1.54, 1.807) is 0 Å². The van der Waals surface area contributed by atoms with E-state index < -0.39 is 0 Å². The molecule has 1 saturated heterocycles. The molecule has 2 aliphatic rings. The number of hydrogen-bond donors (Lipinski definition) is 0. The molecule has 34 heavy (non-hydrogen) atoms. The Labute approximate surface area is 201 Å². The van der Waals surface area contributed by atoms with E-state index in [2.05, 4.69) is 17.2 Å². The van der Waals surface area contributed by atoms with Crippen LogP contribution in [-0.4, -0.2) is 45.9 Å². The van der Waals surface area contributed by atoms with Gasteiger partial charge in [-0.15, -0.1) is 0 Å². The Kier molecular flexibility index (Phi) is 6.68. The quantitative estimate of drug-likeness (QED) is 0.462. The lowest BCUT2D eigenvalue weighted by Crippen LogP contribution is -2.32. The normalized spacial score (nSPS) is 18.0. The van der Waals surface area contributed by atoms with Crippen molar-refractivity contribution in [3.05, 3.63) is 77.1 Å². The molecule has 6 nitrogen and oxygen atoms in total. The number of carbonyl (C=O) groups is 1. The average molecular weight is 460 g/mol. The molecule has 1 aromatic heterocycles. The molecule has 0 bridgehead atoms. The van der Waals surface area contributed by atoms with E-state index in [-0.39, 0.29) is 12.0 Å². The zero-order valence-electron chi connectivity index (χ0n) is 20.1. The van der Waals surface area contributed by atoms with Crippen molar-refractivity contribution in [1.29, 1.82) is 0 Å². The number of carbonyl (C=O) groups excluding carboxylic acids is 1. The molecular weight excluding hydrogens is 426 g/mol. The van der Waals surface area contributed by atoms with Crippen molar-refractivity contribution in [3.8, 4) is 11.4 Å². The summed E-state index contributed by atoms with van der Waals surface area (Å²) in [6.45, 7) is 5.99. The minimum Gasteiger partial charge on any atom is -0.491 e. The molecule has 0 spiro atoms. The number of aromatic nitrogens is 2. The van der Waals surface area contributed by atoms with Crippen molar-refractivity contribution in [2.45, 2.75) is 64.6 Å². The molecule has 1 aliphatic heterocycles. The molecule has 6 heteroatoms. The molecule has 0 radical (unpaired) electrons. The van der Waals surface area contributed by atoms with Crippen molar-refractivity contribution in [2.75, 3.05) is 13.2 Å². The highest BCUT2D eigenvalue weighted by Crippen LogP contribution is 2.31. The number of nitrogens with zero attached hydrogens (tertiary/aromatic N) is 3. The fraction of sp³-hybridized carbons (Fsp3) is 0.429. The standard InChI is InChI=1S/C28H33N3O3/c1-20-15-21(2)31(29-20)25-9-6-8-23(17-25)28(32)30(24-12-13-24)18-22-7-5-11-26(16-22)34-19-27-10-3-4-14-33-27/h5-9,11,15-17,24,27H,3-4,10,12-14,18-19H2,1-2H3/t27-/m1/s1. The maximum Gasteiger partial charge on any atom is 0.254 e. The lowest BCUT2D eigenvalue weighted by atomic mass is 10.1. The first kappa shape index (κ1) is 22.7. The van der Waals surface area contributed by atoms with Crippen LogP contribution in [0.1, 0.15) is 59.4 Å². The van der Waals surface area contributed by atoms with Gasteiger partial charge in [-0.2, -0.15) is 5.10 Å². The van der Waals surface area contributed by atoms with Gasteiger partial charge < -0.3 is 14.4 Å². The van der Waals surface area contributed by atoms with Gasteiger partial charge in [0.2, 0.25) is 0 Å². The number of amides is 1. The smallest absolute Gasteiger partial charge is 0.254 e. The summed E-state index contributed by atoms with van der Waals surface area (Å²) in [6, 6.07) is 18.2. The zero-order valence-corrected chi connectivity index (χ0v) is 20.1. The zero-order chi connectivity index (χ0) is 23.5. The molecule has 1 amide bonds. The van der Waals surface area contributed by atoms with Crippen LogP contribution in [0.15, 0.2) is 54.6 Å². The Bertz CT molecular complexity index is 1150. The predicted octanol–water partition coefficient (Wildman–Crippen LogP) is 5.24. The van der Waals surface area contributed by atoms with Gasteiger partial charge in [0.15, 0.2) is 0 Å². The number of aryl methyl sites for hydroxylation is 2. The van der Waals surface area contributed by atoms with Crippen molar-refractivity contribution in [3.63, 3.8) is 0 Å². The summed E-state index contributed by atoms with van der Waals surface area (Å²) >= 11 is 0. The first-order valence-corrected chi connectivity index (χ1v) is 12.3. The fourth-order valence-corrected chi connectivity index (χ4v) is 4.64. The maximum atomic E-state index is 13.6. The lowest BCUT2D eigenvalue weighted by molar-refractivity contribution is -0.0110. The first-order chi connectivity index (χ1) is 16.6. The van der Waals surface area contributed by atoms with Crippen LogP contribution < -0.4 is 4.74 Å². The number of rotatable bonds is 8. The van der Waals surface area contributed by atoms with Gasteiger partial charge >= 0.3 is 0 Å². The molecule has 2 fully saturated rings. The molecule has 1 aliphatic carbocycles. The second-order valence-electron chi connectivity index (χ2n) is 9.50. The minimum atomic E-state index is 0.0628. The number of ether oxygens (including phenoxy) is 2. The summed E-state index contributed by atoms with van der Waals surface area (Å²) in [5.74, 6) is 0.897. The Morgan fingerprint density at radius 2 is 1.94 bits per heavy atom. The van der Waals surface area contributed by atoms with Crippen LogP contribution in [-0.2, 0) is 11.3 Å². The van der Waals surface area contributed by atoms with E-state index >= 15 is 0 Å². The van der Waals surface area contributed by atoms with Gasteiger partial charge in [-0.1, -0.05) is 18.2 Å². The first-order valence-electron chi connectivity index (χ1n) is 12.3. The molecule has 0 N–H and O–H groups in total. The fourth-order valence-electron chi connectivity index (χ4n) is 4.64.